The number of urea groups is 1. The van der Waals surface area contributed by atoms with Gasteiger partial charge in [-0.05, 0) is 43.4 Å². The molecule has 3 rings (SSSR count). The summed E-state index contributed by atoms with van der Waals surface area (Å²) in [5.41, 5.74) is 1.54. The van der Waals surface area contributed by atoms with Crippen LogP contribution in [0.1, 0.15) is 39.0 Å². The molecule has 1 fully saturated rings. The van der Waals surface area contributed by atoms with Gasteiger partial charge in [-0.15, -0.1) is 10.2 Å². The Hall–Kier alpha value is -2.37. The lowest BCUT2D eigenvalue weighted by molar-refractivity contribution is 0.213. The van der Waals surface area contributed by atoms with Gasteiger partial charge in [-0.3, -0.25) is 0 Å². The minimum Gasteiger partial charge on any atom is -0.423 e. The normalized spacial score (nSPS) is 18.2. The number of anilines is 1. The Labute approximate surface area is 142 Å². The molecular formula is C18H24N4O2. The molecule has 1 aromatic carbocycles. The first-order valence-electron chi connectivity index (χ1n) is 8.69. The molecule has 1 aliphatic rings. The highest BCUT2D eigenvalue weighted by atomic mass is 16.4. The molecule has 24 heavy (non-hydrogen) atoms. The van der Waals surface area contributed by atoms with Gasteiger partial charge in [-0.1, -0.05) is 25.8 Å². The smallest absolute Gasteiger partial charge is 0.321 e. The average Bonchev–Trinajstić information content (AvgIpc) is 3.02. The highest BCUT2D eigenvalue weighted by molar-refractivity contribution is 5.90. The van der Waals surface area contributed by atoms with Crippen LogP contribution < -0.4 is 5.32 Å². The molecule has 128 valence electrons. The maximum atomic E-state index is 12.5. The van der Waals surface area contributed by atoms with Crippen LogP contribution in [0.15, 0.2) is 35.1 Å². The number of amides is 2. The Morgan fingerprint density at radius 3 is 3.08 bits per heavy atom. The van der Waals surface area contributed by atoms with Crippen molar-refractivity contribution in [3.8, 4) is 11.5 Å². The Kier molecular flexibility index (Phi) is 5.46. The minimum absolute atomic E-state index is 0.0326. The van der Waals surface area contributed by atoms with E-state index in [1.807, 2.05) is 29.2 Å². The summed E-state index contributed by atoms with van der Waals surface area (Å²) in [6.07, 6.45) is 7.19. The Morgan fingerprint density at radius 1 is 1.38 bits per heavy atom. The number of hydrogen-bond donors (Lipinski definition) is 1. The summed E-state index contributed by atoms with van der Waals surface area (Å²) in [6, 6.07) is 7.44. The molecule has 1 aromatic heterocycles. The van der Waals surface area contributed by atoms with Crippen molar-refractivity contribution in [2.45, 2.75) is 39.0 Å². The molecule has 1 N–H and O–H groups in total. The van der Waals surface area contributed by atoms with Crippen molar-refractivity contribution in [3.63, 3.8) is 0 Å². The highest BCUT2D eigenvalue weighted by Gasteiger charge is 2.20. The number of nitrogens with zero attached hydrogens (tertiary/aromatic N) is 3. The molecule has 2 aromatic rings. The predicted octanol–water partition coefficient (Wildman–Crippen LogP) is 4.17. The van der Waals surface area contributed by atoms with E-state index in [9.17, 15) is 4.79 Å². The highest BCUT2D eigenvalue weighted by Crippen LogP contribution is 2.23. The lowest BCUT2D eigenvalue weighted by Crippen LogP contribution is -2.35. The number of aromatic nitrogens is 2. The molecular weight excluding hydrogens is 304 g/mol. The number of rotatable bonds is 4. The molecule has 1 saturated heterocycles. The van der Waals surface area contributed by atoms with E-state index >= 15 is 0 Å². The van der Waals surface area contributed by atoms with Crippen molar-refractivity contribution in [2.24, 2.45) is 5.92 Å². The van der Waals surface area contributed by atoms with Gasteiger partial charge < -0.3 is 14.6 Å². The number of hydrogen-bond acceptors (Lipinski definition) is 4. The van der Waals surface area contributed by atoms with Crippen molar-refractivity contribution >= 4 is 11.7 Å². The van der Waals surface area contributed by atoms with Crippen molar-refractivity contribution in [1.82, 2.24) is 15.1 Å². The van der Waals surface area contributed by atoms with Crippen LogP contribution >= 0.6 is 0 Å². The van der Waals surface area contributed by atoms with Gasteiger partial charge in [0, 0.05) is 24.3 Å². The third-order valence-corrected chi connectivity index (χ3v) is 4.55. The molecule has 2 heterocycles. The second-order valence-corrected chi connectivity index (χ2v) is 6.33. The van der Waals surface area contributed by atoms with E-state index in [1.165, 1.54) is 25.7 Å². The standard InChI is InChI=1S/C18H24N4O2/c1-2-5-14-6-4-10-22(11-9-14)18(23)20-16-8-3-7-15(12-16)17-21-19-13-24-17/h3,7-8,12-14H,2,4-6,9-11H2,1H3,(H,20,23)/t14-/m0/s1. The van der Waals surface area contributed by atoms with Gasteiger partial charge in [0.15, 0.2) is 0 Å². The topological polar surface area (TPSA) is 71.3 Å². The zero-order valence-electron chi connectivity index (χ0n) is 14.1. The number of carbonyl (C=O) groups is 1. The van der Waals surface area contributed by atoms with E-state index in [1.54, 1.807) is 0 Å². The van der Waals surface area contributed by atoms with Crippen LogP contribution in [-0.4, -0.2) is 34.2 Å². The second-order valence-electron chi connectivity index (χ2n) is 6.33. The number of benzene rings is 1. The van der Waals surface area contributed by atoms with Gasteiger partial charge >= 0.3 is 6.03 Å². The van der Waals surface area contributed by atoms with Crippen LogP contribution in [0.25, 0.3) is 11.5 Å². The van der Waals surface area contributed by atoms with Crippen molar-refractivity contribution in [1.29, 1.82) is 0 Å². The van der Waals surface area contributed by atoms with Gasteiger partial charge in [-0.25, -0.2) is 4.79 Å². The van der Waals surface area contributed by atoms with Gasteiger partial charge in [0.2, 0.25) is 12.3 Å². The first kappa shape index (κ1) is 16.5. The van der Waals surface area contributed by atoms with Gasteiger partial charge in [0.1, 0.15) is 0 Å². The molecule has 6 nitrogen and oxygen atoms in total. The fourth-order valence-electron chi connectivity index (χ4n) is 3.30. The molecule has 0 radical (unpaired) electrons. The number of carbonyl (C=O) groups excluding carboxylic acids is 1. The predicted molar refractivity (Wildman–Crippen MR) is 92.6 cm³/mol. The van der Waals surface area contributed by atoms with Crippen LogP contribution in [0.4, 0.5) is 10.5 Å². The first-order valence-corrected chi connectivity index (χ1v) is 8.69. The van der Waals surface area contributed by atoms with E-state index in [0.717, 1.165) is 43.1 Å². The van der Waals surface area contributed by atoms with Crippen LogP contribution in [-0.2, 0) is 0 Å². The SMILES string of the molecule is CCC[C@H]1CCCN(C(=O)Nc2cccc(-c3nnco3)c2)CC1. The van der Waals surface area contributed by atoms with E-state index < -0.39 is 0 Å². The summed E-state index contributed by atoms with van der Waals surface area (Å²) in [5.74, 6) is 1.21. The molecule has 0 saturated carbocycles. The van der Waals surface area contributed by atoms with Gasteiger partial charge in [0.05, 0.1) is 0 Å². The molecule has 0 spiro atoms. The summed E-state index contributed by atoms with van der Waals surface area (Å²) in [4.78, 5) is 14.5. The minimum atomic E-state index is -0.0326. The third kappa shape index (κ3) is 4.13. The zero-order valence-corrected chi connectivity index (χ0v) is 14.1. The summed E-state index contributed by atoms with van der Waals surface area (Å²) >= 11 is 0. The van der Waals surface area contributed by atoms with E-state index in [4.69, 9.17) is 4.42 Å². The third-order valence-electron chi connectivity index (χ3n) is 4.55. The zero-order chi connectivity index (χ0) is 16.8. The Bertz CT molecular complexity index is 657. The van der Waals surface area contributed by atoms with Crippen LogP contribution in [0, 0.1) is 5.92 Å². The molecule has 0 aliphatic carbocycles. The van der Waals surface area contributed by atoms with Gasteiger partial charge in [0.25, 0.3) is 0 Å². The van der Waals surface area contributed by atoms with E-state index in [0.29, 0.717) is 5.89 Å². The summed E-state index contributed by atoms with van der Waals surface area (Å²) < 4.78 is 5.20. The maximum Gasteiger partial charge on any atom is 0.321 e. The quantitative estimate of drug-likeness (QED) is 0.914. The van der Waals surface area contributed by atoms with Gasteiger partial charge in [-0.2, -0.15) is 0 Å². The van der Waals surface area contributed by atoms with Crippen LogP contribution in [0.2, 0.25) is 0 Å². The summed E-state index contributed by atoms with van der Waals surface area (Å²) in [6.45, 7) is 3.89. The summed E-state index contributed by atoms with van der Waals surface area (Å²) in [5, 5.41) is 10.6. The van der Waals surface area contributed by atoms with E-state index in [2.05, 4.69) is 22.4 Å². The molecule has 6 heteroatoms. The average molecular weight is 328 g/mol. The molecule has 2 amide bonds. The molecule has 1 aliphatic heterocycles. The van der Waals surface area contributed by atoms with Crippen molar-refractivity contribution in [3.05, 3.63) is 30.7 Å². The maximum absolute atomic E-state index is 12.5. The Morgan fingerprint density at radius 2 is 2.29 bits per heavy atom. The van der Waals surface area contributed by atoms with Crippen molar-refractivity contribution < 1.29 is 9.21 Å². The fourth-order valence-corrected chi connectivity index (χ4v) is 3.30. The lowest BCUT2D eigenvalue weighted by Gasteiger charge is -2.21. The Balaban J connectivity index is 1.61. The summed E-state index contributed by atoms with van der Waals surface area (Å²) in [7, 11) is 0. The molecule has 1 atom stereocenters. The number of likely N-dealkylation sites (tertiary alicyclic amines) is 1. The molecule has 0 bridgehead atoms. The van der Waals surface area contributed by atoms with E-state index in [-0.39, 0.29) is 6.03 Å². The van der Waals surface area contributed by atoms with Crippen molar-refractivity contribution in [2.75, 3.05) is 18.4 Å². The largest absolute Gasteiger partial charge is 0.423 e. The first-order chi connectivity index (χ1) is 11.8. The fraction of sp³-hybridized carbons (Fsp3) is 0.500. The van der Waals surface area contributed by atoms with Crippen LogP contribution in [0.5, 0.6) is 0 Å². The number of nitrogens with one attached hydrogen (secondary N) is 1. The van der Waals surface area contributed by atoms with Crippen LogP contribution in [0.3, 0.4) is 0 Å². The molecule has 0 unspecified atom stereocenters. The lowest BCUT2D eigenvalue weighted by atomic mass is 9.96. The second kappa shape index (κ2) is 7.95. The monoisotopic (exact) mass is 328 g/mol.